The second kappa shape index (κ2) is 9.91. The Morgan fingerprint density at radius 1 is 1.19 bits per heavy atom. The highest BCUT2D eigenvalue weighted by molar-refractivity contribution is 6.05. The Morgan fingerprint density at radius 3 is 2.73 bits per heavy atom. The molecule has 0 saturated carbocycles. The Kier molecular flexibility index (Phi) is 6.35. The van der Waals surface area contributed by atoms with E-state index in [0.717, 1.165) is 5.39 Å². The topological polar surface area (TPSA) is 114 Å². The molecule has 0 aliphatic carbocycles. The Labute approximate surface area is 213 Å². The van der Waals surface area contributed by atoms with Gasteiger partial charge in [0.05, 0.1) is 36.9 Å². The van der Waals surface area contributed by atoms with Crippen LogP contribution in [0.3, 0.4) is 0 Å². The number of carbonyl (C=O) groups excluding carboxylic acids is 1. The number of methoxy groups -OCH3 is 1. The summed E-state index contributed by atoms with van der Waals surface area (Å²) < 4.78 is 17.0. The molecule has 1 aromatic heterocycles. The molecule has 3 aromatic carbocycles. The predicted molar refractivity (Wildman–Crippen MR) is 139 cm³/mol. The van der Waals surface area contributed by atoms with Crippen molar-refractivity contribution in [1.29, 1.82) is 5.26 Å². The van der Waals surface area contributed by atoms with Crippen LogP contribution in [0.2, 0.25) is 0 Å². The van der Waals surface area contributed by atoms with Gasteiger partial charge < -0.3 is 24.6 Å². The lowest BCUT2D eigenvalue weighted by molar-refractivity contribution is 0.102. The monoisotopic (exact) mass is 493 g/mol. The van der Waals surface area contributed by atoms with Crippen LogP contribution in [0.4, 0.5) is 5.69 Å². The van der Waals surface area contributed by atoms with E-state index in [9.17, 15) is 15.2 Å². The van der Waals surface area contributed by atoms with E-state index < -0.39 is 0 Å². The minimum Gasteiger partial charge on any atom is -0.512 e. The Balaban J connectivity index is 1.32. The molecule has 1 aliphatic heterocycles. The molecule has 0 radical (unpaired) electrons. The average molecular weight is 494 g/mol. The molecule has 1 aliphatic rings. The Bertz CT molecular complexity index is 1560. The molecular formula is C29H23N3O5. The molecule has 1 amide bonds. The fourth-order valence-electron chi connectivity index (χ4n) is 4.31. The van der Waals surface area contributed by atoms with Gasteiger partial charge in [-0.05, 0) is 48.9 Å². The first-order valence-corrected chi connectivity index (χ1v) is 11.6. The van der Waals surface area contributed by atoms with Gasteiger partial charge in [-0.1, -0.05) is 18.7 Å². The normalized spacial score (nSPS) is 14.1. The highest BCUT2D eigenvalue weighted by Gasteiger charge is 2.26. The molecule has 8 heteroatoms. The molecule has 2 N–H and O–H groups in total. The number of aliphatic hydroxyl groups is 1. The van der Waals surface area contributed by atoms with Crippen molar-refractivity contribution in [3.05, 3.63) is 95.9 Å². The van der Waals surface area contributed by atoms with Gasteiger partial charge >= 0.3 is 0 Å². The maximum atomic E-state index is 12.8. The zero-order valence-corrected chi connectivity index (χ0v) is 20.0. The summed E-state index contributed by atoms with van der Waals surface area (Å²) in [5.41, 5.74) is 2.71. The maximum Gasteiger partial charge on any atom is 0.255 e. The van der Waals surface area contributed by atoms with E-state index in [4.69, 9.17) is 14.2 Å². The van der Waals surface area contributed by atoms with Crippen molar-refractivity contribution >= 4 is 22.5 Å². The highest BCUT2D eigenvalue weighted by atomic mass is 16.5. The number of hydrogen-bond acceptors (Lipinski definition) is 7. The number of para-hydroxylation sites is 1. The zero-order chi connectivity index (χ0) is 25.9. The van der Waals surface area contributed by atoms with E-state index in [1.165, 1.54) is 0 Å². The van der Waals surface area contributed by atoms with Crippen LogP contribution in [0.25, 0.3) is 10.9 Å². The standard InChI is InChI=1S/C29H23N3O5/c1-17(33)23-10-11-36-27-14-26(20(15-30)13-24(23)27)37-22-8-6-18(7-9-22)29(34)32-21-12-19-4-3-5-25(35-2)28(19)31-16-21/h3-9,12-14,16,23,33H,1,10-11H2,2H3,(H,32,34). The number of fused-ring (bicyclic) bond motifs is 2. The fourth-order valence-corrected chi connectivity index (χ4v) is 4.31. The second-order valence-corrected chi connectivity index (χ2v) is 8.52. The van der Waals surface area contributed by atoms with E-state index in [-0.39, 0.29) is 17.6 Å². The summed E-state index contributed by atoms with van der Waals surface area (Å²) in [6, 6.07) is 19.4. The molecule has 4 aromatic rings. The molecule has 0 fully saturated rings. The number of nitriles is 1. The molecule has 0 bridgehead atoms. The number of nitrogens with one attached hydrogen (secondary N) is 1. The third-order valence-corrected chi connectivity index (χ3v) is 6.17. The van der Waals surface area contributed by atoms with E-state index in [0.29, 0.717) is 63.9 Å². The number of carbonyl (C=O) groups is 1. The predicted octanol–water partition coefficient (Wildman–Crippen LogP) is 6.10. The van der Waals surface area contributed by atoms with Crippen molar-refractivity contribution in [1.82, 2.24) is 4.98 Å². The molecule has 0 spiro atoms. The van der Waals surface area contributed by atoms with Gasteiger partial charge in [-0.3, -0.25) is 9.78 Å². The molecule has 184 valence electrons. The van der Waals surface area contributed by atoms with E-state index >= 15 is 0 Å². The summed E-state index contributed by atoms with van der Waals surface area (Å²) in [5, 5.41) is 23.3. The van der Waals surface area contributed by atoms with E-state index in [2.05, 4.69) is 22.9 Å². The number of ether oxygens (including phenoxy) is 3. The number of hydrogen-bond donors (Lipinski definition) is 2. The number of allylic oxidation sites excluding steroid dienone is 1. The van der Waals surface area contributed by atoms with Crippen LogP contribution in [0.1, 0.15) is 33.8 Å². The first kappa shape index (κ1) is 23.7. The average Bonchev–Trinajstić information content (AvgIpc) is 2.92. The van der Waals surface area contributed by atoms with Gasteiger partial charge in [0.25, 0.3) is 5.91 Å². The SMILES string of the molecule is C=C(O)C1CCOc2cc(Oc3ccc(C(=O)Nc4cnc5c(OC)cccc5c4)cc3)c(C#N)cc21. The molecule has 1 atom stereocenters. The quantitative estimate of drug-likeness (QED) is 0.312. The Morgan fingerprint density at radius 2 is 2.00 bits per heavy atom. The van der Waals surface area contributed by atoms with Crippen LogP contribution in [-0.2, 0) is 0 Å². The molecule has 37 heavy (non-hydrogen) atoms. The lowest BCUT2D eigenvalue weighted by atomic mass is 9.90. The molecule has 0 saturated heterocycles. The summed E-state index contributed by atoms with van der Waals surface area (Å²) in [5.74, 6) is 1.42. The minimum absolute atomic E-state index is 0.0372. The number of rotatable bonds is 6. The first-order chi connectivity index (χ1) is 18.0. The highest BCUT2D eigenvalue weighted by Crippen LogP contribution is 2.41. The van der Waals surface area contributed by atoms with Crippen LogP contribution in [0.15, 0.2) is 79.2 Å². The van der Waals surface area contributed by atoms with Gasteiger partial charge in [0.15, 0.2) is 0 Å². The van der Waals surface area contributed by atoms with E-state index in [1.807, 2.05) is 24.3 Å². The van der Waals surface area contributed by atoms with Gasteiger partial charge in [-0.25, -0.2) is 0 Å². The zero-order valence-electron chi connectivity index (χ0n) is 20.0. The van der Waals surface area contributed by atoms with Crippen LogP contribution >= 0.6 is 0 Å². The molecule has 2 heterocycles. The van der Waals surface area contributed by atoms with E-state index in [1.54, 1.807) is 49.7 Å². The molecular weight excluding hydrogens is 470 g/mol. The van der Waals surface area contributed by atoms with Crippen LogP contribution in [0, 0.1) is 11.3 Å². The third-order valence-electron chi connectivity index (χ3n) is 6.17. The van der Waals surface area contributed by atoms with Crippen molar-refractivity contribution in [2.75, 3.05) is 19.0 Å². The minimum atomic E-state index is -0.300. The number of amides is 1. The van der Waals surface area contributed by atoms with Crippen molar-refractivity contribution in [2.45, 2.75) is 12.3 Å². The third kappa shape index (κ3) is 4.75. The molecule has 1 unspecified atom stereocenters. The van der Waals surface area contributed by atoms with Gasteiger partial charge in [0.2, 0.25) is 0 Å². The summed E-state index contributed by atoms with van der Waals surface area (Å²) in [7, 11) is 1.59. The number of aliphatic hydroxyl groups excluding tert-OH is 1. The summed E-state index contributed by atoms with van der Waals surface area (Å²) in [4.78, 5) is 17.2. The van der Waals surface area contributed by atoms with Crippen molar-refractivity contribution in [2.24, 2.45) is 0 Å². The van der Waals surface area contributed by atoms with Gasteiger partial charge in [0, 0.05) is 28.5 Å². The lowest BCUT2D eigenvalue weighted by Gasteiger charge is -2.26. The first-order valence-electron chi connectivity index (χ1n) is 11.6. The summed E-state index contributed by atoms with van der Waals surface area (Å²) in [6.45, 7) is 4.06. The largest absolute Gasteiger partial charge is 0.512 e. The number of aromatic nitrogens is 1. The van der Waals surface area contributed by atoms with Crippen molar-refractivity contribution < 1.29 is 24.1 Å². The van der Waals surface area contributed by atoms with Gasteiger partial charge in [0.1, 0.15) is 34.6 Å². The number of benzene rings is 3. The van der Waals surface area contributed by atoms with Gasteiger partial charge in [-0.15, -0.1) is 0 Å². The van der Waals surface area contributed by atoms with Crippen molar-refractivity contribution in [3.8, 4) is 29.1 Å². The summed E-state index contributed by atoms with van der Waals surface area (Å²) >= 11 is 0. The molecule has 8 nitrogen and oxygen atoms in total. The van der Waals surface area contributed by atoms with Crippen LogP contribution in [-0.4, -0.2) is 29.7 Å². The number of anilines is 1. The van der Waals surface area contributed by atoms with Crippen molar-refractivity contribution in [3.63, 3.8) is 0 Å². The second-order valence-electron chi connectivity index (χ2n) is 8.52. The lowest BCUT2D eigenvalue weighted by Crippen LogP contribution is -2.16. The fraction of sp³-hybridized carbons (Fsp3) is 0.138. The molecule has 5 rings (SSSR count). The van der Waals surface area contributed by atoms with Crippen LogP contribution < -0.4 is 19.5 Å². The number of nitrogens with zero attached hydrogens (tertiary/aromatic N) is 2. The van der Waals surface area contributed by atoms with Gasteiger partial charge in [-0.2, -0.15) is 5.26 Å². The Hall–Kier alpha value is -5.03. The maximum absolute atomic E-state index is 12.8. The smallest absolute Gasteiger partial charge is 0.255 e. The number of pyridine rings is 1. The van der Waals surface area contributed by atoms with Crippen LogP contribution in [0.5, 0.6) is 23.0 Å². The summed E-state index contributed by atoms with van der Waals surface area (Å²) in [6.07, 6.45) is 2.17.